The van der Waals surface area contributed by atoms with Crippen LogP contribution in [0.5, 0.6) is 5.75 Å². The summed E-state index contributed by atoms with van der Waals surface area (Å²) >= 11 is 0. The first-order chi connectivity index (χ1) is 15.7. The quantitative estimate of drug-likeness (QED) is 0.390. The fraction of sp³-hybridized carbons (Fsp3) is 0.111. The highest BCUT2D eigenvalue weighted by atomic mass is 16.5. The van der Waals surface area contributed by atoms with E-state index in [4.69, 9.17) is 14.5 Å². The SMILES string of the molecule is COC(=O)Cc1[nH]c(C=Cc2ccc(OC)cc2)nc1-c1ccc(-c2ccccc2)cc1. The molecule has 3 aromatic carbocycles. The Balaban J connectivity index is 1.63. The van der Waals surface area contributed by atoms with E-state index in [1.54, 1.807) is 7.11 Å². The highest BCUT2D eigenvalue weighted by Crippen LogP contribution is 2.27. The molecule has 0 saturated carbocycles. The number of imidazole rings is 1. The van der Waals surface area contributed by atoms with Crippen molar-refractivity contribution < 1.29 is 14.3 Å². The summed E-state index contributed by atoms with van der Waals surface area (Å²) in [5.74, 6) is 1.16. The Bertz CT molecular complexity index is 1210. The van der Waals surface area contributed by atoms with E-state index in [-0.39, 0.29) is 12.4 Å². The summed E-state index contributed by atoms with van der Waals surface area (Å²) in [6, 6.07) is 26.1. The normalized spacial score (nSPS) is 10.9. The molecule has 0 aliphatic heterocycles. The Hall–Kier alpha value is -4.12. The zero-order chi connectivity index (χ0) is 22.3. The van der Waals surface area contributed by atoms with Crippen molar-refractivity contribution in [3.63, 3.8) is 0 Å². The fourth-order valence-corrected chi connectivity index (χ4v) is 3.43. The van der Waals surface area contributed by atoms with Gasteiger partial charge in [0.15, 0.2) is 0 Å². The number of H-pyrrole nitrogens is 1. The molecule has 0 atom stereocenters. The molecule has 0 unspecified atom stereocenters. The number of aromatic nitrogens is 2. The van der Waals surface area contributed by atoms with Gasteiger partial charge >= 0.3 is 5.97 Å². The highest BCUT2D eigenvalue weighted by molar-refractivity contribution is 5.78. The van der Waals surface area contributed by atoms with Crippen LogP contribution in [0.25, 0.3) is 34.5 Å². The highest BCUT2D eigenvalue weighted by Gasteiger charge is 2.15. The van der Waals surface area contributed by atoms with Gasteiger partial charge in [-0.25, -0.2) is 4.98 Å². The number of ether oxygens (including phenoxy) is 2. The van der Waals surface area contributed by atoms with Crippen molar-refractivity contribution in [3.05, 3.63) is 95.9 Å². The number of nitrogens with zero attached hydrogens (tertiary/aromatic N) is 1. The fourth-order valence-electron chi connectivity index (χ4n) is 3.43. The van der Waals surface area contributed by atoms with Crippen LogP contribution in [-0.2, 0) is 16.0 Å². The van der Waals surface area contributed by atoms with Gasteiger partial charge in [0.2, 0.25) is 0 Å². The van der Waals surface area contributed by atoms with Crippen molar-refractivity contribution >= 4 is 18.1 Å². The Morgan fingerprint density at radius 1 is 0.844 bits per heavy atom. The van der Waals surface area contributed by atoms with E-state index in [1.165, 1.54) is 7.11 Å². The van der Waals surface area contributed by atoms with Gasteiger partial charge in [-0.15, -0.1) is 0 Å². The van der Waals surface area contributed by atoms with E-state index in [0.717, 1.165) is 39.4 Å². The first-order valence-corrected chi connectivity index (χ1v) is 10.3. The summed E-state index contributed by atoms with van der Waals surface area (Å²) in [6.07, 6.45) is 3.97. The summed E-state index contributed by atoms with van der Waals surface area (Å²) in [4.78, 5) is 20.0. The van der Waals surface area contributed by atoms with Crippen LogP contribution in [0, 0.1) is 0 Å². The van der Waals surface area contributed by atoms with Gasteiger partial charge in [-0.05, 0) is 34.9 Å². The zero-order valence-electron chi connectivity index (χ0n) is 18.0. The average Bonchev–Trinajstić information content (AvgIpc) is 3.26. The van der Waals surface area contributed by atoms with Gasteiger partial charge < -0.3 is 14.5 Å². The maximum Gasteiger partial charge on any atom is 0.311 e. The molecule has 4 rings (SSSR count). The second kappa shape index (κ2) is 9.79. The molecule has 0 aliphatic carbocycles. The lowest BCUT2D eigenvalue weighted by Crippen LogP contribution is -2.05. The molecular weight excluding hydrogens is 400 g/mol. The van der Waals surface area contributed by atoms with Crippen LogP contribution in [-0.4, -0.2) is 30.2 Å². The number of rotatable bonds is 7. The largest absolute Gasteiger partial charge is 0.497 e. The number of hydrogen-bond acceptors (Lipinski definition) is 4. The second-order valence-electron chi connectivity index (χ2n) is 7.25. The standard InChI is InChI=1S/C27H24N2O3/c1-31-23-15-8-19(9-16-23)10-17-25-28-24(18-26(30)32-2)27(29-25)22-13-11-21(12-14-22)20-6-4-3-5-7-20/h3-17H,18H2,1-2H3,(H,28,29). The molecule has 1 heterocycles. The molecule has 160 valence electrons. The summed E-state index contributed by atoms with van der Waals surface area (Å²) in [5, 5.41) is 0. The summed E-state index contributed by atoms with van der Waals surface area (Å²) < 4.78 is 10.1. The van der Waals surface area contributed by atoms with Crippen molar-refractivity contribution in [2.45, 2.75) is 6.42 Å². The number of benzene rings is 3. The molecule has 0 amide bonds. The van der Waals surface area contributed by atoms with Crippen molar-refractivity contribution in [3.8, 4) is 28.1 Å². The monoisotopic (exact) mass is 424 g/mol. The first kappa shape index (κ1) is 21.1. The van der Waals surface area contributed by atoms with Crippen molar-refractivity contribution in [2.24, 2.45) is 0 Å². The molecule has 1 N–H and O–H groups in total. The first-order valence-electron chi connectivity index (χ1n) is 10.3. The number of carbonyl (C=O) groups is 1. The van der Waals surface area contributed by atoms with Crippen LogP contribution in [0.2, 0.25) is 0 Å². The van der Waals surface area contributed by atoms with Crippen LogP contribution in [0.4, 0.5) is 0 Å². The third-order valence-corrected chi connectivity index (χ3v) is 5.16. The Morgan fingerprint density at radius 3 is 2.16 bits per heavy atom. The van der Waals surface area contributed by atoms with E-state index in [2.05, 4.69) is 29.2 Å². The van der Waals surface area contributed by atoms with Crippen LogP contribution >= 0.6 is 0 Å². The van der Waals surface area contributed by atoms with Gasteiger partial charge in [0.1, 0.15) is 11.6 Å². The van der Waals surface area contributed by atoms with Crippen LogP contribution in [0.1, 0.15) is 17.1 Å². The lowest BCUT2D eigenvalue weighted by molar-refractivity contribution is -0.139. The number of carbonyl (C=O) groups excluding carboxylic acids is 1. The Labute approximate surface area is 187 Å². The van der Waals surface area contributed by atoms with Gasteiger partial charge in [0.05, 0.1) is 32.0 Å². The number of nitrogens with one attached hydrogen (secondary N) is 1. The van der Waals surface area contributed by atoms with E-state index < -0.39 is 0 Å². The van der Waals surface area contributed by atoms with Crippen LogP contribution in [0.15, 0.2) is 78.9 Å². The summed E-state index contributed by atoms with van der Waals surface area (Å²) in [6.45, 7) is 0. The Kier molecular flexibility index (Phi) is 6.46. The predicted molar refractivity (Wildman–Crippen MR) is 127 cm³/mol. The molecule has 5 nitrogen and oxygen atoms in total. The molecule has 1 aromatic heterocycles. The third-order valence-electron chi connectivity index (χ3n) is 5.16. The minimum atomic E-state index is -0.318. The van der Waals surface area contributed by atoms with Gasteiger partial charge in [0, 0.05) is 5.56 Å². The van der Waals surface area contributed by atoms with E-state index in [9.17, 15) is 4.79 Å². The molecule has 32 heavy (non-hydrogen) atoms. The molecule has 4 aromatic rings. The van der Waals surface area contributed by atoms with Crippen molar-refractivity contribution in [1.82, 2.24) is 9.97 Å². The van der Waals surface area contributed by atoms with Crippen molar-refractivity contribution in [2.75, 3.05) is 14.2 Å². The molecule has 5 heteroatoms. The minimum Gasteiger partial charge on any atom is -0.497 e. The molecule has 0 saturated heterocycles. The second-order valence-corrected chi connectivity index (χ2v) is 7.25. The predicted octanol–water partition coefficient (Wildman–Crippen LogP) is 5.64. The molecule has 0 bridgehead atoms. The summed E-state index contributed by atoms with van der Waals surface area (Å²) in [7, 11) is 3.03. The van der Waals surface area contributed by atoms with E-state index >= 15 is 0 Å². The van der Waals surface area contributed by atoms with E-state index in [1.807, 2.05) is 66.7 Å². The maximum absolute atomic E-state index is 12.0. The zero-order valence-corrected chi connectivity index (χ0v) is 18.0. The van der Waals surface area contributed by atoms with Gasteiger partial charge in [-0.1, -0.05) is 72.8 Å². The number of esters is 1. The number of methoxy groups -OCH3 is 2. The van der Waals surface area contributed by atoms with Gasteiger partial charge in [-0.2, -0.15) is 0 Å². The molecule has 0 spiro atoms. The average molecular weight is 425 g/mol. The smallest absolute Gasteiger partial charge is 0.311 e. The topological polar surface area (TPSA) is 64.2 Å². The lowest BCUT2D eigenvalue weighted by atomic mass is 10.0. The van der Waals surface area contributed by atoms with Gasteiger partial charge in [-0.3, -0.25) is 4.79 Å². The Morgan fingerprint density at radius 2 is 1.50 bits per heavy atom. The third kappa shape index (κ3) is 4.95. The van der Waals surface area contributed by atoms with Crippen molar-refractivity contribution in [1.29, 1.82) is 0 Å². The lowest BCUT2D eigenvalue weighted by Gasteiger charge is -2.05. The van der Waals surface area contributed by atoms with Gasteiger partial charge in [0.25, 0.3) is 0 Å². The minimum absolute atomic E-state index is 0.121. The maximum atomic E-state index is 12.0. The summed E-state index contributed by atoms with van der Waals surface area (Å²) in [5.41, 5.74) is 5.69. The molecular formula is C27H24N2O3. The van der Waals surface area contributed by atoms with Crippen LogP contribution < -0.4 is 4.74 Å². The number of hydrogen-bond donors (Lipinski definition) is 1. The molecule has 0 aliphatic rings. The molecule has 0 fully saturated rings. The van der Waals surface area contributed by atoms with Crippen LogP contribution in [0.3, 0.4) is 0 Å². The molecule has 0 radical (unpaired) electrons. The number of aromatic amines is 1. The van der Waals surface area contributed by atoms with E-state index in [0.29, 0.717) is 5.82 Å².